The summed E-state index contributed by atoms with van der Waals surface area (Å²) in [7, 11) is 1.84. The van der Waals surface area contributed by atoms with Crippen LogP contribution in [0.15, 0.2) is 42.7 Å². The Labute approximate surface area is 186 Å². The maximum Gasteiger partial charge on any atom is 0.287 e. The Morgan fingerprint density at radius 3 is 2.81 bits per heavy atom. The number of amidine groups is 1. The fourth-order valence-electron chi connectivity index (χ4n) is 3.48. The number of anilines is 1. The highest BCUT2D eigenvalue weighted by Gasteiger charge is 2.21. The largest absolute Gasteiger partial charge is 0.426 e. The number of aromatic nitrogens is 4. The molecule has 0 radical (unpaired) electrons. The maximum atomic E-state index is 9.69. The SMILES string of the molecule is C[C@H]1COCCN1c1cc(CO)nc(-c2ccc(OC(=N)NCc3cnn(C)c3)cc2)n1. The number of aliphatic hydroxyl groups is 1. The Bertz CT molecular complexity index is 1070. The number of hydrogen-bond acceptors (Lipinski definition) is 8. The smallest absolute Gasteiger partial charge is 0.287 e. The number of ether oxygens (including phenoxy) is 2. The fraction of sp³-hybridized carbons (Fsp3) is 0.364. The van der Waals surface area contributed by atoms with E-state index in [1.54, 1.807) is 23.0 Å². The molecule has 1 saturated heterocycles. The summed E-state index contributed by atoms with van der Waals surface area (Å²) < 4.78 is 12.8. The number of aliphatic hydroxyl groups excluding tert-OH is 1. The molecule has 4 rings (SSSR count). The zero-order chi connectivity index (χ0) is 22.5. The van der Waals surface area contributed by atoms with Gasteiger partial charge >= 0.3 is 0 Å². The number of aryl methyl sites for hydroxylation is 1. The third-order valence-corrected chi connectivity index (χ3v) is 5.13. The van der Waals surface area contributed by atoms with Gasteiger partial charge in [0, 0.05) is 43.5 Å². The predicted molar refractivity (Wildman–Crippen MR) is 119 cm³/mol. The Hall–Kier alpha value is -3.50. The van der Waals surface area contributed by atoms with Crippen LogP contribution in [-0.4, -0.2) is 56.7 Å². The minimum absolute atomic E-state index is 0.0521. The van der Waals surface area contributed by atoms with Crippen molar-refractivity contribution >= 4 is 11.8 Å². The first-order valence-electron chi connectivity index (χ1n) is 10.4. The molecule has 1 aromatic carbocycles. The number of morpholine rings is 1. The van der Waals surface area contributed by atoms with Crippen molar-refractivity contribution in [1.82, 2.24) is 25.1 Å². The van der Waals surface area contributed by atoms with Crippen LogP contribution >= 0.6 is 0 Å². The molecule has 0 aliphatic carbocycles. The van der Waals surface area contributed by atoms with E-state index < -0.39 is 0 Å². The summed E-state index contributed by atoms with van der Waals surface area (Å²) in [5.74, 6) is 1.83. The van der Waals surface area contributed by atoms with E-state index in [0.29, 0.717) is 37.0 Å². The van der Waals surface area contributed by atoms with Crippen LogP contribution in [0.5, 0.6) is 5.75 Å². The Balaban J connectivity index is 1.44. The first kappa shape index (κ1) is 21.7. The zero-order valence-corrected chi connectivity index (χ0v) is 18.2. The van der Waals surface area contributed by atoms with Crippen LogP contribution in [0.25, 0.3) is 11.4 Å². The monoisotopic (exact) mass is 437 g/mol. The van der Waals surface area contributed by atoms with E-state index in [9.17, 15) is 5.11 Å². The average molecular weight is 438 g/mol. The highest BCUT2D eigenvalue weighted by Crippen LogP contribution is 2.24. The van der Waals surface area contributed by atoms with E-state index in [4.69, 9.17) is 19.9 Å². The van der Waals surface area contributed by atoms with Gasteiger partial charge in [-0.3, -0.25) is 10.1 Å². The quantitative estimate of drug-likeness (QED) is 0.394. The van der Waals surface area contributed by atoms with Crippen LogP contribution in [0, 0.1) is 5.41 Å². The van der Waals surface area contributed by atoms with Gasteiger partial charge in [0.25, 0.3) is 6.02 Å². The van der Waals surface area contributed by atoms with Crippen molar-refractivity contribution in [2.45, 2.75) is 26.1 Å². The highest BCUT2D eigenvalue weighted by molar-refractivity contribution is 5.73. The predicted octanol–water partition coefficient (Wildman–Crippen LogP) is 1.70. The molecular weight excluding hydrogens is 410 g/mol. The van der Waals surface area contributed by atoms with Crippen molar-refractivity contribution < 1.29 is 14.6 Å². The lowest BCUT2D eigenvalue weighted by atomic mass is 10.2. The lowest BCUT2D eigenvalue weighted by Gasteiger charge is -2.34. The van der Waals surface area contributed by atoms with Crippen molar-refractivity contribution in [3.8, 4) is 17.1 Å². The second kappa shape index (κ2) is 9.75. The van der Waals surface area contributed by atoms with E-state index >= 15 is 0 Å². The number of nitrogens with one attached hydrogen (secondary N) is 2. The van der Waals surface area contributed by atoms with Gasteiger partial charge < -0.3 is 24.8 Å². The molecule has 32 heavy (non-hydrogen) atoms. The first-order chi connectivity index (χ1) is 15.5. The van der Waals surface area contributed by atoms with Gasteiger partial charge in [-0.15, -0.1) is 0 Å². The summed E-state index contributed by atoms with van der Waals surface area (Å²) in [6.45, 7) is 4.40. The first-order valence-corrected chi connectivity index (χ1v) is 10.4. The summed E-state index contributed by atoms with van der Waals surface area (Å²) in [5, 5.41) is 24.7. The van der Waals surface area contributed by atoms with Gasteiger partial charge in [0.15, 0.2) is 5.82 Å². The molecule has 168 valence electrons. The number of rotatable bonds is 6. The molecule has 0 saturated carbocycles. The lowest BCUT2D eigenvalue weighted by Crippen LogP contribution is -2.44. The number of benzene rings is 1. The zero-order valence-electron chi connectivity index (χ0n) is 18.2. The average Bonchev–Trinajstić information content (AvgIpc) is 3.23. The minimum Gasteiger partial charge on any atom is -0.426 e. The summed E-state index contributed by atoms with van der Waals surface area (Å²) in [6.07, 6.45) is 3.61. The molecule has 3 aromatic rings. The molecule has 1 aliphatic rings. The van der Waals surface area contributed by atoms with Gasteiger partial charge in [0.2, 0.25) is 0 Å². The van der Waals surface area contributed by atoms with Gasteiger partial charge in [0.05, 0.1) is 37.8 Å². The molecule has 10 nitrogen and oxygen atoms in total. The van der Waals surface area contributed by atoms with Gasteiger partial charge in [-0.2, -0.15) is 5.10 Å². The second-order valence-corrected chi connectivity index (χ2v) is 7.65. The van der Waals surface area contributed by atoms with Crippen molar-refractivity contribution in [1.29, 1.82) is 5.41 Å². The molecule has 0 amide bonds. The van der Waals surface area contributed by atoms with Gasteiger partial charge in [0.1, 0.15) is 11.6 Å². The van der Waals surface area contributed by atoms with E-state index in [2.05, 4.69) is 27.2 Å². The van der Waals surface area contributed by atoms with Crippen molar-refractivity contribution in [2.75, 3.05) is 24.7 Å². The molecule has 0 bridgehead atoms. The number of nitrogens with zero attached hydrogens (tertiary/aromatic N) is 5. The second-order valence-electron chi connectivity index (χ2n) is 7.65. The van der Waals surface area contributed by atoms with E-state index in [-0.39, 0.29) is 18.7 Å². The highest BCUT2D eigenvalue weighted by atomic mass is 16.5. The van der Waals surface area contributed by atoms with E-state index in [0.717, 1.165) is 23.5 Å². The van der Waals surface area contributed by atoms with Crippen LogP contribution in [-0.2, 0) is 24.9 Å². The Morgan fingerprint density at radius 1 is 1.31 bits per heavy atom. The van der Waals surface area contributed by atoms with Crippen LogP contribution in [0.2, 0.25) is 0 Å². The Morgan fingerprint density at radius 2 is 2.12 bits per heavy atom. The Kier molecular flexibility index (Phi) is 6.62. The van der Waals surface area contributed by atoms with Crippen molar-refractivity contribution in [3.63, 3.8) is 0 Å². The van der Waals surface area contributed by atoms with E-state index in [1.165, 1.54) is 0 Å². The van der Waals surface area contributed by atoms with Gasteiger partial charge in [-0.05, 0) is 31.2 Å². The normalized spacial score (nSPS) is 16.1. The molecule has 0 spiro atoms. The summed E-state index contributed by atoms with van der Waals surface area (Å²) in [4.78, 5) is 11.4. The lowest BCUT2D eigenvalue weighted by molar-refractivity contribution is 0.0985. The molecule has 1 atom stereocenters. The minimum atomic E-state index is -0.164. The molecule has 1 aliphatic heterocycles. The topological polar surface area (TPSA) is 121 Å². The molecule has 0 unspecified atom stereocenters. The number of hydrogen-bond donors (Lipinski definition) is 3. The summed E-state index contributed by atoms with van der Waals surface area (Å²) in [5.41, 5.74) is 2.32. The molecular formula is C22H27N7O3. The van der Waals surface area contributed by atoms with Crippen molar-refractivity contribution in [2.24, 2.45) is 7.05 Å². The van der Waals surface area contributed by atoms with Crippen LogP contribution in [0.4, 0.5) is 5.82 Å². The summed E-state index contributed by atoms with van der Waals surface area (Å²) in [6, 6.07) is 9.17. The molecule has 10 heteroatoms. The van der Waals surface area contributed by atoms with E-state index in [1.807, 2.05) is 31.4 Å². The molecule has 3 N–H and O–H groups in total. The summed E-state index contributed by atoms with van der Waals surface area (Å²) >= 11 is 0. The molecule has 2 aromatic heterocycles. The third kappa shape index (κ3) is 5.21. The van der Waals surface area contributed by atoms with Crippen LogP contribution < -0.4 is 15.0 Å². The third-order valence-electron chi connectivity index (χ3n) is 5.13. The molecule has 1 fully saturated rings. The van der Waals surface area contributed by atoms with Gasteiger partial charge in [-0.25, -0.2) is 9.97 Å². The van der Waals surface area contributed by atoms with Crippen molar-refractivity contribution in [3.05, 3.63) is 54.0 Å². The fourth-order valence-corrected chi connectivity index (χ4v) is 3.48. The van der Waals surface area contributed by atoms with Crippen LogP contribution in [0.1, 0.15) is 18.2 Å². The molecule has 3 heterocycles. The van der Waals surface area contributed by atoms with Crippen LogP contribution in [0.3, 0.4) is 0 Å². The standard InChI is InChI=1S/C22H27N7O3/c1-15-14-31-8-7-29(15)20-9-18(13-30)26-21(27-20)17-3-5-19(6-4-17)32-22(23)24-10-16-11-25-28(2)12-16/h3-6,9,11-12,15,30H,7-8,10,13-14H2,1-2H3,(H2,23,24)/t15-/m0/s1. The van der Waals surface area contributed by atoms with Gasteiger partial charge in [-0.1, -0.05) is 0 Å². The maximum absolute atomic E-state index is 9.69.